The van der Waals surface area contributed by atoms with Gasteiger partial charge in [-0.05, 0) is 6.92 Å². The van der Waals surface area contributed by atoms with Crippen molar-refractivity contribution in [1.82, 2.24) is 14.8 Å². The van der Waals surface area contributed by atoms with E-state index in [0.29, 0.717) is 5.88 Å². The van der Waals surface area contributed by atoms with Crippen LogP contribution in [0.1, 0.15) is 18.5 Å². The zero-order chi connectivity index (χ0) is 10.0. The molecule has 1 rings (SSSR count). The second kappa shape index (κ2) is 3.76. The van der Waals surface area contributed by atoms with Crippen LogP contribution >= 0.6 is 0 Å². The molecule has 5 heteroatoms. The average molecular weight is 185 g/mol. The Kier molecular flexibility index (Phi) is 2.90. The number of methoxy groups -OCH3 is 1. The fourth-order valence-corrected chi connectivity index (χ4v) is 1.18. The summed E-state index contributed by atoms with van der Waals surface area (Å²) < 4.78 is 6.78. The Hall–Kier alpha value is -1.07. The van der Waals surface area contributed by atoms with Crippen molar-refractivity contribution in [3.63, 3.8) is 0 Å². The molecule has 1 aromatic heterocycles. The molecule has 1 heterocycles. The Bertz CT molecular complexity index is 283. The summed E-state index contributed by atoms with van der Waals surface area (Å²) in [5.41, 5.74) is 0.870. The van der Waals surface area contributed by atoms with E-state index in [1.807, 2.05) is 6.92 Å². The molecule has 0 bridgehead atoms. The third kappa shape index (κ3) is 1.81. The maximum Gasteiger partial charge on any atom is 0.216 e. The highest BCUT2D eigenvalue weighted by Gasteiger charge is 2.18. The van der Waals surface area contributed by atoms with Gasteiger partial charge in [-0.25, -0.2) is 4.68 Å². The Balaban J connectivity index is 3.00. The van der Waals surface area contributed by atoms with E-state index in [1.165, 1.54) is 0 Å². The minimum atomic E-state index is -0.122. The van der Waals surface area contributed by atoms with Crippen LogP contribution in [0.5, 0.6) is 5.88 Å². The summed E-state index contributed by atoms with van der Waals surface area (Å²) in [5.74, 6) is 0.674. The van der Waals surface area contributed by atoms with Gasteiger partial charge in [-0.3, -0.25) is 0 Å². The molecule has 13 heavy (non-hydrogen) atoms. The average Bonchev–Trinajstić information content (AvgIpc) is 2.45. The topological polar surface area (TPSA) is 50.5 Å². The van der Waals surface area contributed by atoms with Gasteiger partial charge < -0.3 is 9.94 Å². The van der Waals surface area contributed by atoms with Gasteiger partial charge in [-0.2, -0.15) is 10.2 Å². The van der Waals surface area contributed by atoms with Crippen molar-refractivity contribution in [2.24, 2.45) is 7.05 Å². The normalized spacial score (nSPS) is 13.4. The number of hydrogen-bond acceptors (Lipinski definition) is 4. The van der Waals surface area contributed by atoms with Gasteiger partial charge in [0.15, 0.2) is 0 Å². The Morgan fingerprint density at radius 2 is 2.31 bits per heavy atom. The van der Waals surface area contributed by atoms with E-state index in [-0.39, 0.29) is 6.04 Å². The lowest BCUT2D eigenvalue weighted by atomic mass is 10.2. The summed E-state index contributed by atoms with van der Waals surface area (Å²) in [5, 5.41) is 14.4. The van der Waals surface area contributed by atoms with Gasteiger partial charge in [0, 0.05) is 14.1 Å². The largest absolute Gasteiger partial charge is 0.481 e. The quantitative estimate of drug-likeness (QED) is 0.708. The van der Waals surface area contributed by atoms with E-state index in [9.17, 15) is 5.21 Å². The molecule has 0 spiro atoms. The number of rotatable bonds is 3. The maximum atomic E-state index is 9.24. The highest BCUT2D eigenvalue weighted by molar-refractivity contribution is 5.26. The van der Waals surface area contributed by atoms with E-state index in [0.717, 1.165) is 10.6 Å². The van der Waals surface area contributed by atoms with Crippen molar-refractivity contribution in [3.8, 4) is 5.88 Å². The van der Waals surface area contributed by atoms with Gasteiger partial charge in [-0.15, -0.1) is 0 Å². The molecule has 0 aliphatic heterocycles. The van der Waals surface area contributed by atoms with Crippen LogP contribution in [-0.2, 0) is 7.05 Å². The Labute approximate surface area is 77.5 Å². The second-order valence-electron chi connectivity index (χ2n) is 2.98. The number of aryl methyl sites for hydroxylation is 1. The molecule has 0 aromatic carbocycles. The monoisotopic (exact) mass is 185 g/mol. The van der Waals surface area contributed by atoms with Crippen LogP contribution in [0.15, 0.2) is 6.20 Å². The summed E-state index contributed by atoms with van der Waals surface area (Å²) in [4.78, 5) is 0. The van der Waals surface area contributed by atoms with E-state index >= 15 is 0 Å². The van der Waals surface area contributed by atoms with Gasteiger partial charge in [0.1, 0.15) is 0 Å². The molecule has 0 aliphatic rings. The smallest absolute Gasteiger partial charge is 0.216 e. The maximum absolute atomic E-state index is 9.24. The highest BCUT2D eigenvalue weighted by Crippen LogP contribution is 2.26. The van der Waals surface area contributed by atoms with Gasteiger partial charge in [0.05, 0.1) is 24.9 Å². The lowest BCUT2D eigenvalue weighted by molar-refractivity contribution is -0.0988. The van der Waals surface area contributed by atoms with Crippen molar-refractivity contribution in [2.45, 2.75) is 13.0 Å². The van der Waals surface area contributed by atoms with Gasteiger partial charge in [0.25, 0.3) is 0 Å². The number of ether oxygens (including phenoxy) is 1. The number of hydroxylamine groups is 2. The molecular weight excluding hydrogens is 170 g/mol. The molecule has 0 saturated heterocycles. The molecule has 5 nitrogen and oxygen atoms in total. The fraction of sp³-hybridized carbons (Fsp3) is 0.625. The highest BCUT2D eigenvalue weighted by atomic mass is 16.5. The zero-order valence-corrected chi connectivity index (χ0v) is 8.35. The fourth-order valence-electron chi connectivity index (χ4n) is 1.18. The van der Waals surface area contributed by atoms with E-state index in [2.05, 4.69) is 5.10 Å². The zero-order valence-electron chi connectivity index (χ0n) is 8.35. The molecule has 1 atom stereocenters. The van der Waals surface area contributed by atoms with E-state index in [1.54, 1.807) is 32.1 Å². The first kappa shape index (κ1) is 10.0. The summed E-state index contributed by atoms with van der Waals surface area (Å²) in [6, 6.07) is -0.122. The van der Waals surface area contributed by atoms with Crippen molar-refractivity contribution in [3.05, 3.63) is 11.8 Å². The molecule has 1 unspecified atom stereocenters. The van der Waals surface area contributed by atoms with Crippen molar-refractivity contribution >= 4 is 0 Å². The lowest BCUT2D eigenvalue weighted by Crippen LogP contribution is -2.17. The minimum Gasteiger partial charge on any atom is -0.481 e. The summed E-state index contributed by atoms with van der Waals surface area (Å²) >= 11 is 0. The van der Waals surface area contributed by atoms with Gasteiger partial charge in [0.2, 0.25) is 5.88 Å². The molecule has 0 fully saturated rings. The second-order valence-corrected chi connectivity index (χ2v) is 2.98. The van der Waals surface area contributed by atoms with Crippen LogP contribution in [-0.4, -0.2) is 34.2 Å². The van der Waals surface area contributed by atoms with Crippen LogP contribution in [0.25, 0.3) is 0 Å². The molecule has 74 valence electrons. The van der Waals surface area contributed by atoms with E-state index in [4.69, 9.17) is 4.74 Å². The third-order valence-corrected chi connectivity index (χ3v) is 2.11. The summed E-state index contributed by atoms with van der Waals surface area (Å²) in [6.07, 6.45) is 1.69. The number of hydrogen-bond donors (Lipinski definition) is 1. The molecule has 1 N–H and O–H groups in total. The van der Waals surface area contributed by atoms with Crippen molar-refractivity contribution in [1.29, 1.82) is 0 Å². The predicted molar refractivity (Wildman–Crippen MR) is 47.7 cm³/mol. The first-order chi connectivity index (χ1) is 6.07. The summed E-state index contributed by atoms with van der Waals surface area (Å²) in [7, 11) is 4.98. The van der Waals surface area contributed by atoms with E-state index < -0.39 is 0 Å². The summed E-state index contributed by atoms with van der Waals surface area (Å²) in [6.45, 7) is 1.87. The predicted octanol–water partition coefficient (Wildman–Crippen LogP) is 0.811. The van der Waals surface area contributed by atoms with Crippen molar-refractivity contribution < 1.29 is 9.94 Å². The lowest BCUT2D eigenvalue weighted by Gasteiger charge is -2.17. The van der Waals surface area contributed by atoms with Crippen LogP contribution in [0, 0.1) is 0 Å². The minimum absolute atomic E-state index is 0.122. The van der Waals surface area contributed by atoms with Gasteiger partial charge in [-0.1, -0.05) is 0 Å². The van der Waals surface area contributed by atoms with Crippen LogP contribution in [0.2, 0.25) is 0 Å². The first-order valence-corrected chi connectivity index (χ1v) is 4.05. The van der Waals surface area contributed by atoms with Crippen LogP contribution < -0.4 is 4.74 Å². The molecular formula is C8H15N3O2. The Morgan fingerprint density at radius 1 is 1.69 bits per heavy atom. The molecule has 0 aliphatic carbocycles. The van der Waals surface area contributed by atoms with Crippen LogP contribution in [0.3, 0.4) is 0 Å². The first-order valence-electron chi connectivity index (χ1n) is 4.05. The molecule has 0 saturated carbocycles. The molecule has 1 aromatic rings. The van der Waals surface area contributed by atoms with Crippen LogP contribution in [0.4, 0.5) is 0 Å². The SMILES string of the molecule is COc1c(C(C)N(C)O)cnn1C. The number of aromatic nitrogens is 2. The number of nitrogens with zero attached hydrogens (tertiary/aromatic N) is 3. The van der Waals surface area contributed by atoms with Gasteiger partial charge >= 0.3 is 0 Å². The molecule has 0 radical (unpaired) electrons. The van der Waals surface area contributed by atoms with Crippen molar-refractivity contribution in [2.75, 3.05) is 14.2 Å². The standard InChI is InChI=1S/C8H15N3O2/c1-6(11(3)12)7-5-9-10(2)8(7)13-4/h5-6,12H,1-4H3. The molecule has 0 amide bonds. The Morgan fingerprint density at radius 3 is 2.77 bits per heavy atom. The third-order valence-electron chi connectivity index (χ3n) is 2.11.